The monoisotopic (exact) mass is 1040 g/mol. The average Bonchev–Trinajstić information content (AvgIpc) is 3.40. The zero-order valence-corrected chi connectivity index (χ0v) is 49.6. The van der Waals surface area contributed by atoms with Crippen molar-refractivity contribution in [2.45, 2.75) is 354 Å². The van der Waals surface area contributed by atoms with Crippen LogP contribution in [0.25, 0.3) is 0 Å². The zero-order chi connectivity index (χ0) is 53.6. The van der Waals surface area contributed by atoms with Crippen LogP contribution in [-0.4, -0.2) is 37.2 Å². The van der Waals surface area contributed by atoms with Crippen LogP contribution in [0.2, 0.25) is 0 Å². The summed E-state index contributed by atoms with van der Waals surface area (Å²) in [4.78, 5) is 38.2. The third-order valence-corrected chi connectivity index (χ3v) is 14.6. The Labute approximate surface area is 460 Å². The summed E-state index contributed by atoms with van der Waals surface area (Å²) in [6.07, 6.45) is 78.6. The van der Waals surface area contributed by atoms with Crippen molar-refractivity contribution in [1.82, 2.24) is 0 Å². The van der Waals surface area contributed by atoms with Crippen LogP contribution in [-0.2, 0) is 28.6 Å². The van der Waals surface area contributed by atoms with E-state index in [9.17, 15) is 14.4 Å². The van der Waals surface area contributed by atoms with Gasteiger partial charge in [-0.1, -0.05) is 320 Å². The molecule has 0 aliphatic rings. The zero-order valence-electron chi connectivity index (χ0n) is 49.6. The number of carbonyl (C=O) groups is 3. The minimum absolute atomic E-state index is 0.0787. The average molecular weight is 1040 g/mol. The third kappa shape index (κ3) is 60.2. The Morgan fingerprint density at radius 3 is 0.824 bits per heavy atom. The lowest BCUT2D eigenvalue weighted by molar-refractivity contribution is -0.167. The largest absolute Gasteiger partial charge is 0.462 e. The van der Waals surface area contributed by atoms with Crippen molar-refractivity contribution < 1.29 is 28.6 Å². The van der Waals surface area contributed by atoms with E-state index in [0.717, 1.165) is 96.3 Å². The first-order chi connectivity index (χ1) is 36.5. The Hall–Kier alpha value is -2.63. The quantitative estimate of drug-likeness (QED) is 0.0261. The first-order valence-corrected chi connectivity index (χ1v) is 32.6. The van der Waals surface area contributed by atoms with Gasteiger partial charge in [-0.05, 0) is 57.8 Å². The van der Waals surface area contributed by atoms with Crippen LogP contribution in [0.1, 0.15) is 348 Å². The number of ether oxygens (including phenoxy) is 3. The Bertz CT molecular complexity index is 1280. The summed E-state index contributed by atoms with van der Waals surface area (Å²) in [6.45, 7) is 6.55. The molecule has 0 saturated heterocycles. The summed E-state index contributed by atoms with van der Waals surface area (Å²) in [5.41, 5.74) is 0. The van der Waals surface area contributed by atoms with E-state index in [1.807, 2.05) is 0 Å². The van der Waals surface area contributed by atoms with E-state index in [1.165, 1.54) is 212 Å². The van der Waals surface area contributed by atoms with Crippen molar-refractivity contribution in [3.63, 3.8) is 0 Å². The molecule has 0 radical (unpaired) electrons. The minimum atomic E-state index is -0.783. The number of carbonyl (C=O) groups excluding carboxylic acids is 3. The smallest absolute Gasteiger partial charge is 0.306 e. The van der Waals surface area contributed by atoms with Gasteiger partial charge in [0.15, 0.2) is 6.10 Å². The number of unbranched alkanes of at least 4 members (excludes halogenated alkanes) is 41. The normalized spacial score (nSPS) is 12.3. The molecule has 1 atom stereocenters. The van der Waals surface area contributed by atoms with E-state index in [1.54, 1.807) is 0 Å². The van der Waals surface area contributed by atoms with E-state index in [-0.39, 0.29) is 31.1 Å². The second kappa shape index (κ2) is 62.9. The SMILES string of the molecule is CC/C=C\C/C=C\C/C=C\C/C=C\CCCCCCC(=O)OC(COC(=O)CCCCCCCCCCCCC)COC(=O)CCCCCCCCCCCCCCCCCCCCCCCCCCCCCC. The molecular formula is C68H124O6. The highest BCUT2D eigenvalue weighted by molar-refractivity contribution is 5.71. The predicted molar refractivity (Wildman–Crippen MR) is 321 cm³/mol. The van der Waals surface area contributed by atoms with E-state index in [0.29, 0.717) is 19.3 Å². The molecule has 6 nitrogen and oxygen atoms in total. The Morgan fingerprint density at radius 2 is 0.527 bits per heavy atom. The molecule has 0 aromatic carbocycles. The van der Waals surface area contributed by atoms with E-state index >= 15 is 0 Å². The van der Waals surface area contributed by atoms with Gasteiger partial charge >= 0.3 is 17.9 Å². The van der Waals surface area contributed by atoms with Gasteiger partial charge in [-0.25, -0.2) is 0 Å². The summed E-state index contributed by atoms with van der Waals surface area (Å²) in [6, 6.07) is 0. The Balaban J connectivity index is 4.17. The summed E-state index contributed by atoms with van der Waals surface area (Å²) in [5.74, 6) is -0.883. The van der Waals surface area contributed by atoms with Crippen molar-refractivity contribution in [1.29, 1.82) is 0 Å². The van der Waals surface area contributed by atoms with Gasteiger partial charge in [0, 0.05) is 19.3 Å². The van der Waals surface area contributed by atoms with E-state index < -0.39 is 6.10 Å². The lowest BCUT2D eigenvalue weighted by Gasteiger charge is -2.18. The molecule has 0 aromatic heterocycles. The number of rotatable bonds is 60. The second-order valence-electron chi connectivity index (χ2n) is 22.0. The lowest BCUT2D eigenvalue weighted by atomic mass is 10.0. The molecule has 0 N–H and O–H groups in total. The topological polar surface area (TPSA) is 78.9 Å². The second-order valence-corrected chi connectivity index (χ2v) is 22.0. The van der Waals surface area contributed by atoms with Crippen LogP contribution in [0.5, 0.6) is 0 Å². The van der Waals surface area contributed by atoms with Gasteiger partial charge in [0.1, 0.15) is 13.2 Å². The number of allylic oxidation sites excluding steroid dienone is 8. The van der Waals surface area contributed by atoms with Crippen molar-refractivity contribution in [2.75, 3.05) is 13.2 Å². The highest BCUT2D eigenvalue weighted by Crippen LogP contribution is 2.18. The summed E-state index contributed by atoms with van der Waals surface area (Å²) < 4.78 is 16.9. The minimum Gasteiger partial charge on any atom is -0.462 e. The van der Waals surface area contributed by atoms with Crippen molar-refractivity contribution >= 4 is 17.9 Å². The fourth-order valence-electron chi connectivity index (χ4n) is 9.73. The lowest BCUT2D eigenvalue weighted by Crippen LogP contribution is -2.30. The fraction of sp³-hybridized carbons (Fsp3) is 0.838. The van der Waals surface area contributed by atoms with Crippen molar-refractivity contribution in [2.24, 2.45) is 0 Å². The standard InChI is InChI=1S/C68H124O6/c1-4-7-10-13-16-19-22-24-26-28-29-30-31-32-33-34-35-36-37-38-40-41-43-46-49-52-55-58-61-67(70)73-64-65(63-72-66(69)60-57-54-51-48-45-21-18-15-12-9-6-3)74-68(71)62-59-56-53-50-47-44-42-39-27-25-23-20-17-14-11-8-5-2/h8,11,17,20,25,27,42,44,65H,4-7,9-10,12-16,18-19,21-24,26,28-41,43,45-64H2,1-3H3/b11-8-,20-17-,27-25-,44-42-. The van der Waals surface area contributed by atoms with Crippen LogP contribution in [0.3, 0.4) is 0 Å². The van der Waals surface area contributed by atoms with Gasteiger partial charge in [-0.15, -0.1) is 0 Å². The van der Waals surface area contributed by atoms with E-state index in [4.69, 9.17) is 14.2 Å². The molecule has 0 amide bonds. The third-order valence-electron chi connectivity index (χ3n) is 14.6. The highest BCUT2D eigenvalue weighted by atomic mass is 16.6. The van der Waals surface area contributed by atoms with Crippen molar-refractivity contribution in [3.05, 3.63) is 48.6 Å². The molecule has 6 heteroatoms. The molecule has 0 aliphatic carbocycles. The summed E-state index contributed by atoms with van der Waals surface area (Å²) in [7, 11) is 0. The van der Waals surface area contributed by atoms with Gasteiger partial charge in [-0.3, -0.25) is 14.4 Å². The maximum absolute atomic E-state index is 12.9. The molecule has 74 heavy (non-hydrogen) atoms. The molecular weight excluding hydrogens is 913 g/mol. The molecule has 0 aliphatic heterocycles. The Kier molecular flexibility index (Phi) is 60.7. The van der Waals surface area contributed by atoms with Gasteiger partial charge < -0.3 is 14.2 Å². The molecule has 0 aromatic rings. The maximum Gasteiger partial charge on any atom is 0.306 e. The van der Waals surface area contributed by atoms with Gasteiger partial charge in [-0.2, -0.15) is 0 Å². The molecule has 0 fully saturated rings. The first-order valence-electron chi connectivity index (χ1n) is 32.6. The maximum atomic E-state index is 12.9. The summed E-state index contributed by atoms with van der Waals surface area (Å²) in [5, 5.41) is 0. The van der Waals surface area contributed by atoms with Gasteiger partial charge in [0.2, 0.25) is 0 Å². The van der Waals surface area contributed by atoms with Crippen LogP contribution in [0, 0.1) is 0 Å². The molecule has 432 valence electrons. The van der Waals surface area contributed by atoms with Crippen molar-refractivity contribution in [3.8, 4) is 0 Å². The van der Waals surface area contributed by atoms with Gasteiger partial charge in [0.05, 0.1) is 0 Å². The molecule has 1 unspecified atom stereocenters. The first kappa shape index (κ1) is 71.4. The van der Waals surface area contributed by atoms with E-state index in [2.05, 4.69) is 69.4 Å². The van der Waals surface area contributed by atoms with Crippen LogP contribution >= 0.6 is 0 Å². The number of hydrogen-bond donors (Lipinski definition) is 0. The summed E-state index contributed by atoms with van der Waals surface area (Å²) >= 11 is 0. The van der Waals surface area contributed by atoms with Gasteiger partial charge in [0.25, 0.3) is 0 Å². The number of hydrogen-bond acceptors (Lipinski definition) is 6. The Morgan fingerprint density at radius 1 is 0.284 bits per heavy atom. The predicted octanol–water partition coefficient (Wildman–Crippen LogP) is 22.2. The number of esters is 3. The highest BCUT2D eigenvalue weighted by Gasteiger charge is 2.19. The fourth-order valence-corrected chi connectivity index (χ4v) is 9.73. The van der Waals surface area contributed by atoms with Crippen LogP contribution in [0.15, 0.2) is 48.6 Å². The van der Waals surface area contributed by atoms with Crippen LogP contribution < -0.4 is 0 Å². The molecule has 0 rings (SSSR count). The molecule has 0 spiro atoms. The molecule has 0 saturated carbocycles. The molecule has 0 bridgehead atoms. The van der Waals surface area contributed by atoms with Crippen LogP contribution in [0.4, 0.5) is 0 Å². The molecule has 0 heterocycles.